The minimum atomic E-state index is -0.626. The molecule has 14 heavy (non-hydrogen) atoms. The molecule has 0 aliphatic carbocycles. The quantitative estimate of drug-likeness (QED) is 0.440. The number of nitro groups is 1. The zero-order valence-electron chi connectivity index (χ0n) is 7.19. The van der Waals surface area contributed by atoms with E-state index in [1.165, 1.54) is 19.2 Å². The van der Waals surface area contributed by atoms with Crippen LogP contribution in [0.2, 0.25) is 5.02 Å². The van der Waals surface area contributed by atoms with Crippen molar-refractivity contribution in [2.45, 2.75) is 0 Å². The van der Waals surface area contributed by atoms with Crippen LogP contribution < -0.4 is 4.74 Å². The van der Waals surface area contributed by atoms with E-state index in [2.05, 4.69) is 0 Å². The van der Waals surface area contributed by atoms with Crippen LogP contribution in [-0.2, 0) is 0 Å². The van der Waals surface area contributed by atoms with Gasteiger partial charge in [-0.2, -0.15) is 0 Å². The first kappa shape index (κ1) is 10.5. The number of hydrogen-bond acceptors (Lipinski definition) is 4. The van der Waals surface area contributed by atoms with Gasteiger partial charge in [-0.3, -0.25) is 14.9 Å². The van der Waals surface area contributed by atoms with Crippen LogP contribution in [0.25, 0.3) is 0 Å². The van der Waals surface area contributed by atoms with Crippen LogP contribution >= 0.6 is 11.6 Å². The highest BCUT2D eigenvalue weighted by molar-refractivity contribution is 6.34. The van der Waals surface area contributed by atoms with Crippen LogP contribution in [0.3, 0.4) is 0 Å². The summed E-state index contributed by atoms with van der Waals surface area (Å²) in [5.41, 5.74) is -0.0998. The third kappa shape index (κ3) is 1.67. The van der Waals surface area contributed by atoms with Crippen molar-refractivity contribution in [2.75, 3.05) is 7.11 Å². The van der Waals surface area contributed by atoms with Gasteiger partial charge in [0.05, 0.1) is 12.0 Å². The van der Waals surface area contributed by atoms with Crippen molar-refractivity contribution in [3.05, 3.63) is 32.8 Å². The van der Waals surface area contributed by atoms with Crippen LogP contribution in [0.4, 0.5) is 5.69 Å². The Hall–Kier alpha value is -1.62. The number of benzene rings is 1. The van der Waals surface area contributed by atoms with E-state index in [1.54, 1.807) is 0 Å². The van der Waals surface area contributed by atoms with E-state index >= 15 is 0 Å². The predicted molar refractivity (Wildman–Crippen MR) is 50.0 cm³/mol. The number of hydrogen-bond donors (Lipinski definition) is 0. The molecule has 0 heterocycles. The summed E-state index contributed by atoms with van der Waals surface area (Å²) in [6.07, 6.45) is 0.509. The molecular formula is C8H6ClNO4. The van der Waals surface area contributed by atoms with E-state index in [1.807, 2.05) is 0 Å². The predicted octanol–water partition coefficient (Wildman–Crippen LogP) is 2.07. The van der Waals surface area contributed by atoms with Crippen molar-refractivity contribution < 1.29 is 14.5 Å². The third-order valence-electron chi connectivity index (χ3n) is 1.63. The molecule has 0 amide bonds. The molecule has 0 fully saturated rings. The van der Waals surface area contributed by atoms with Gasteiger partial charge in [0.2, 0.25) is 5.75 Å². The highest BCUT2D eigenvalue weighted by atomic mass is 35.5. The average Bonchev–Trinajstić information content (AvgIpc) is 2.17. The molecule has 0 saturated carbocycles. The lowest BCUT2D eigenvalue weighted by Gasteiger charge is -2.04. The van der Waals surface area contributed by atoms with Crippen molar-refractivity contribution in [3.8, 4) is 5.75 Å². The molecule has 0 spiro atoms. The molecule has 0 N–H and O–H groups in total. The molecule has 1 aromatic rings. The van der Waals surface area contributed by atoms with Crippen LogP contribution in [0, 0.1) is 10.1 Å². The van der Waals surface area contributed by atoms with Gasteiger partial charge in [-0.25, -0.2) is 0 Å². The Labute approximate surface area is 84.4 Å². The van der Waals surface area contributed by atoms with E-state index in [9.17, 15) is 14.9 Å². The normalized spacial score (nSPS) is 9.57. The van der Waals surface area contributed by atoms with Crippen LogP contribution in [0.5, 0.6) is 5.75 Å². The molecule has 0 radical (unpaired) electrons. The molecule has 5 nitrogen and oxygen atoms in total. The molecule has 0 bridgehead atoms. The van der Waals surface area contributed by atoms with Gasteiger partial charge in [-0.15, -0.1) is 0 Å². The number of carbonyl (C=O) groups excluding carboxylic acids is 1. The number of ether oxygens (including phenoxy) is 1. The summed E-state index contributed by atoms with van der Waals surface area (Å²) in [7, 11) is 1.25. The van der Waals surface area contributed by atoms with Gasteiger partial charge in [-0.1, -0.05) is 11.6 Å². The maximum atomic E-state index is 10.5. The molecule has 74 valence electrons. The molecule has 0 aliphatic heterocycles. The number of methoxy groups -OCH3 is 1. The second-order valence-corrected chi connectivity index (χ2v) is 2.77. The van der Waals surface area contributed by atoms with Crippen molar-refractivity contribution in [2.24, 2.45) is 0 Å². The highest BCUT2D eigenvalue weighted by Crippen LogP contribution is 2.36. The number of nitrogens with zero attached hydrogens (tertiary/aromatic N) is 1. The molecular weight excluding hydrogens is 210 g/mol. The number of aldehydes is 1. The lowest BCUT2D eigenvalue weighted by Crippen LogP contribution is -1.96. The van der Waals surface area contributed by atoms with E-state index in [4.69, 9.17) is 16.3 Å². The summed E-state index contributed by atoms with van der Waals surface area (Å²) in [6.45, 7) is 0. The molecule has 1 aromatic carbocycles. The Morgan fingerprint density at radius 1 is 1.57 bits per heavy atom. The summed E-state index contributed by atoms with van der Waals surface area (Å²) in [5.74, 6) is -0.0960. The maximum Gasteiger partial charge on any atom is 0.312 e. The standard InChI is InChI=1S/C8H6ClNO4/c1-14-8-6(10(12)13)3-2-5(4-11)7(8)9/h2-4H,1H3. The Bertz CT molecular complexity index is 391. The largest absolute Gasteiger partial charge is 0.489 e. The van der Waals surface area contributed by atoms with Gasteiger partial charge < -0.3 is 4.74 Å². The third-order valence-corrected chi connectivity index (χ3v) is 2.02. The Morgan fingerprint density at radius 3 is 2.64 bits per heavy atom. The average molecular weight is 216 g/mol. The highest BCUT2D eigenvalue weighted by Gasteiger charge is 2.20. The van der Waals surface area contributed by atoms with Crippen molar-refractivity contribution in [1.29, 1.82) is 0 Å². The molecule has 1 rings (SSSR count). The minimum absolute atomic E-state index is 0.0447. The summed E-state index contributed by atoms with van der Waals surface area (Å²) in [4.78, 5) is 20.4. The van der Waals surface area contributed by atoms with E-state index < -0.39 is 4.92 Å². The fourth-order valence-electron chi connectivity index (χ4n) is 0.990. The van der Waals surface area contributed by atoms with Gasteiger partial charge in [-0.05, 0) is 6.07 Å². The summed E-state index contributed by atoms with van der Waals surface area (Å²) < 4.78 is 4.75. The monoisotopic (exact) mass is 215 g/mol. The van der Waals surface area contributed by atoms with Gasteiger partial charge in [0, 0.05) is 11.6 Å². The number of halogens is 1. The van der Waals surface area contributed by atoms with Crippen molar-refractivity contribution in [3.63, 3.8) is 0 Å². The molecule has 0 aliphatic rings. The van der Waals surface area contributed by atoms with Crippen LogP contribution in [-0.4, -0.2) is 18.3 Å². The first-order chi connectivity index (χ1) is 6.61. The zero-order valence-corrected chi connectivity index (χ0v) is 7.95. The smallest absolute Gasteiger partial charge is 0.312 e. The summed E-state index contributed by atoms with van der Waals surface area (Å²) >= 11 is 5.70. The molecule has 0 atom stereocenters. The Kier molecular flexibility index (Phi) is 3.03. The van der Waals surface area contributed by atoms with Gasteiger partial charge in [0.15, 0.2) is 6.29 Å². The lowest BCUT2D eigenvalue weighted by molar-refractivity contribution is -0.385. The van der Waals surface area contributed by atoms with E-state index in [0.717, 1.165) is 0 Å². The topological polar surface area (TPSA) is 69.4 Å². The number of carbonyl (C=O) groups is 1. The second-order valence-electron chi connectivity index (χ2n) is 2.40. The second kappa shape index (κ2) is 4.06. The Balaban J connectivity index is 3.43. The number of nitro benzene ring substituents is 1. The summed E-state index contributed by atoms with van der Waals surface area (Å²) in [5, 5.41) is 10.5. The summed E-state index contributed by atoms with van der Waals surface area (Å²) in [6, 6.07) is 2.45. The zero-order chi connectivity index (χ0) is 10.7. The lowest BCUT2D eigenvalue weighted by atomic mass is 10.2. The van der Waals surface area contributed by atoms with Crippen LogP contribution in [0.15, 0.2) is 12.1 Å². The fraction of sp³-hybridized carbons (Fsp3) is 0.125. The maximum absolute atomic E-state index is 10.5. The van der Waals surface area contributed by atoms with Gasteiger partial charge in [0.25, 0.3) is 0 Å². The number of rotatable bonds is 3. The van der Waals surface area contributed by atoms with Crippen molar-refractivity contribution in [1.82, 2.24) is 0 Å². The molecule has 6 heteroatoms. The van der Waals surface area contributed by atoms with Gasteiger partial charge in [0.1, 0.15) is 5.02 Å². The fourth-order valence-corrected chi connectivity index (χ4v) is 1.27. The van der Waals surface area contributed by atoms with Crippen molar-refractivity contribution >= 4 is 23.6 Å². The van der Waals surface area contributed by atoms with Crippen LogP contribution in [0.1, 0.15) is 10.4 Å². The Morgan fingerprint density at radius 2 is 2.21 bits per heavy atom. The first-order valence-corrected chi connectivity index (χ1v) is 3.95. The van der Waals surface area contributed by atoms with E-state index in [0.29, 0.717) is 6.29 Å². The van der Waals surface area contributed by atoms with Gasteiger partial charge >= 0.3 is 5.69 Å². The molecule has 0 saturated heterocycles. The van der Waals surface area contributed by atoms with E-state index in [-0.39, 0.29) is 22.0 Å². The minimum Gasteiger partial charge on any atom is -0.489 e. The molecule has 0 unspecified atom stereocenters. The first-order valence-electron chi connectivity index (χ1n) is 3.58. The molecule has 0 aromatic heterocycles. The SMILES string of the molecule is COc1c([N+](=O)[O-])ccc(C=O)c1Cl.